The van der Waals surface area contributed by atoms with Crippen LogP contribution in [-0.4, -0.2) is 51.5 Å². The topological polar surface area (TPSA) is 121 Å². The lowest BCUT2D eigenvalue weighted by molar-refractivity contribution is -0.118. The smallest absolute Gasteiger partial charge is 0.330 e. The minimum absolute atomic E-state index is 0.0224. The highest BCUT2D eigenvalue weighted by Gasteiger charge is 2.24. The van der Waals surface area contributed by atoms with Gasteiger partial charge >= 0.3 is 5.69 Å². The zero-order valence-electron chi connectivity index (χ0n) is 14.4. The van der Waals surface area contributed by atoms with Crippen LogP contribution in [0, 0.1) is 0 Å². The second-order valence-electron chi connectivity index (χ2n) is 5.80. The van der Waals surface area contributed by atoms with E-state index in [0.29, 0.717) is 19.6 Å². The molecule has 0 aliphatic carbocycles. The summed E-state index contributed by atoms with van der Waals surface area (Å²) in [6.45, 7) is 3.25. The van der Waals surface area contributed by atoms with E-state index in [1.807, 2.05) is 6.92 Å². The number of carbonyl (C=O) groups excluding carboxylic acids is 2. The van der Waals surface area contributed by atoms with Crippen molar-refractivity contribution in [1.82, 2.24) is 14.5 Å². The van der Waals surface area contributed by atoms with E-state index in [2.05, 4.69) is 4.98 Å². The first kappa shape index (κ1) is 19.1. The number of nitrogens with one attached hydrogen (secondary N) is 1. The summed E-state index contributed by atoms with van der Waals surface area (Å²) in [6, 6.07) is 0. The van der Waals surface area contributed by atoms with Crippen molar-refractivity contribution in [1.29, 1.82) is 0 Å². The molecule has 0 spiro atoms. The van der Waals surface area contributed by atoms with Crippen LogP contribution in [0.4, 0.5) is 16.3 Å². The molecule has 1 aliphatic heterocycles. The third-order valence-electron chi connectivity index (χ3n) is 4.10. The first-order valence-corrected chi connectivity index (χ1v) is 9.16. The Balaban J connectivity index is 2.18. The van der Waals surface area contributed by atoms with Gasteiger partial charge in [0.05, 0.1) is 0 Å². The van der Waals surface area contributed by atoms with Gasteiger partial charge in [-0.25, -0.2) is 4.79 Å². The maximum absolute atomic E-state index is 12.4. The van der Waals surface area contributed by atoms with Crippen molar-refractivity contribution in [3.63, 3.8) is 0 Å². The minimum atomic E-state index is -0.695. The summed E-state index contributed by atoms with van der Waals surface area (Å²) >= 11 is 1.23. The number of hydrogen-bond donors (Lipinski definition) is 2. The van der Waals surface area contributed by atoms with Gasteiger partial charge in [0, 0.05) is 38.9 Å². The van der Waals surface area contributed by atoms with Crippen LogP contribution >= 0.6 is 11.8 Å². The number of nitrogens with zero attached hydrogens (tertiary/aromatic N) is 3. The van der Waals surface area contributed by atoms with Gasteiger partial charge in [0.25, 0.3) is 10.8 Å². The number of aromatic nitrogens is 2. The highest BCUT2D eigenvalue weighted by atomic mass is 32.2. The molecule has 0 radical (unpaired) electrons. The van der Waals surface area contributed by atoms with Gasteiger partial charge in [0.15, 0.2) is 5.69 Å². The van der Waals surface area contributed by atoms with E-state index in [-0.39, 0.29) is 29.1 Å². The molecule has 2 rings (SSSR count). The van der Waals surface area contributed by atoms with Gasteiger partial charge in [-0.05, 0) is 6.42 Å². The molecule has 2 heterocycles. The molecule has 1 aromatic heterocycles. The van der Waals surface area contributed by atoms with Crippen molar-refractivity contribution < 1.29 is 9.59 Å². The molecule has 0 bridgehead atoms. The van der Waals surface area contributed by atoms with Gasteiger partial charge in [0.2, 0.25) is 5.91 Å². The molecule has 1 aromatic rings. The third kappa shape index (κ3) is 4.25. The fraction of sp³-hybridized carbons (Fsp3) is 0.600. The Kier molecular flexibility index (Phi) is 6.29. The maximum Gasteiger partial charge on any atom is 0.330 e. The van der Waals surface area contributed by atoms with Crippen molar-refractivity contribution in [3.8, 4) is 0 Å². The second-order valence-corrected chi connectivity index (χ2v) is 6.85. The molecule has 138 valence electrons. The summed E-state index contributed by atoms with van der Waals surface area (Å²) in [4.78, 5) is 53.0. The number of nitrogen functional groups attached to an aromatic ring is 1. The van der Waals surface area contributed by atoms with Gasteiger partial charge < -0.3 is 15.5 Å². The number of aromatic amines is 1. The summed E-state index contributed by atoms with van der Waals surface area (Å²) in [6.07, 6.45) is 1.66. The van der Waals surface area contributed by atoms with E-state index >= 15 is 0 Å². The molecule has 9 nitrogen and oxygen atoms in total. The van der Waals surface area contributed by atoms with Crippen LogP contribution in [0.1, 0.15) is 26.2 Å². The van der Waals surface area contributed by atoms with E-state index in [1.54, 1.807) is 4.90 Å². The summed E-state index contributed by atoms with van der Waals surface area (Å²) in [5.74, 6) is 0.353. The number of nitrogens with two attached hydrogens (primary N) is 1. The second kappa shape index (κ2) is 8.24. The number of anilines is 2. The van der Waals surface area contributed by atoms with Crippen LogP contribution in [0.15, 0.2) is 9.59 Å². The number of hydrogen-bond acceptors (Lipinski definition) is 6. The average Bonchev–Trinajstić information content (AvgIpc) is 2.97. The van der Waals surface area contributed by atoms with Gasteiger partial charge in [-0.1, -0.05) is 25.1 Å². The predicted molar refractivity (Wildman–Crippen MR) is 98.1 cm³/mol. The number of amides is 2. The number of H-pyrrole nitrogens is 1. The van der Waals surface area contributed by atoms with Crippen molar-refractivity contribution >= 4 is 34.4 Å². The van der Waals surface area contributed by atoms with Crippen molar-refractivity contribution in [2.24, 2.45) is 0 Å². The van der Waals surface area contributed by atoms with Gasteiger partial charge in [0.1, 0.15) is 5.82 Å². The number of unbranched alkanes of at least 4 members (excludes halogenated alkanes) is 1. The first-order chi connectivity index (χ1) is 11.9. The largest absolute Gasteiger partial charge is 0.383 e. The zero-order chi connectivity index (χ0) is 18.6. The third-order valence-corrected chi connectivity index (χ3v) is 4.99. The number of rotatable bonds is 7. The SMILES string of the molecule is CCCCn1c(N)c(N(C)C(=O)CCN2CCSC2=O)c(=O)[nH]c1=O. The van der Waals surface area contributed by atoms with E-state index in [1.165, 1.54) is 23.4 Å². The normalized spacial score (nSPS) is 14.2. The molecule has 3 N–H and O–H groups in total. The molecule has 0 atom stereocenters. The lowest BCUT2D eigenvalue weighted by Crippen LogP contribution is -2.40. The van der Waals surface area contributed by atoms with Crippen LogP contribution < -0.4 is 21.9 Å². The molecule has 25 heavy (non-hydrogen) atoms. The van der Waals surface area contributed by atoms with E-state index in [4.69, 9.17) is 5.73 Å². The van der Waals surface area contributed by atoms with Crippen molar-refractivity contribution in [2.45, 2.75) is 32.7 Å². The first-order valence-electron chi connectivity index (χ1n) is 8.17. The average molecular weight is 369 g/mol. The quantitative estimate of drug-likeness (QED) is 0.719. The Morgan fingerprint density at radius 1 is 1.32 bits per heavy atom. The fourth-order valence-corrected chi connectivity index (χ4v) is 3.44. The van der Waals surface area contributed by atoms with Crippen LogP contribution in [0.25, 0.3) is 0 Å². The van der Waals surface area contributed by atoms with Gasteiger partial charge in [-0.3, -0.25) is 23.9 Å². The van der Waals surface area contributed by atoms with E-state index in [9.17, 15) is 19.2 Å². The van der Waals surface area contributed by atoms with Crippen LogP contribution in [0.3, 0.4) is 0 Å². The molecule has 2 amide bonds. The Hall–Kier alpha value is -2.23. The zero-order valence-corrected chi connectivity index (χ0v) is 15.2. The Bertz CT molecular complexity index is 772. The maximum atomic E-state index is 12.4. The molecule has 0 saturated carbocycles. The minimum Gasteiger partial charge on any atom is -0.383 e. The fourth-order valence-electron chi connectivity index (χ4n) is 2.59. The summed E-state index contributed by atoms with van der Waals surface area (Å²) in [5, 5.41) is -0.0408. The molecule has 0 unspecified atom stereocenters. The summed E-state index contributed by atoms with van der Waals surface area (Å²) < 4.78 is 1.27. The van der Waals surface area contributed by atoms with Crippen LogP contribution in [0.5, 0.6) is 0 Å². The van der Waals surface area contributed by atoms with Crippen molar-refractivity contribution in [3.05, 3.63) is 20.8 Å². The molecular weight excluding hydrogens is 346 g/mol. The molecule has 0 aromatic carbocycles. The highest BCUT2D eigenvalue weighted by Crippen LogP contribution is 2.19. The number of carbonyl (C=O) groups is 2. The molecule has 1 fully saturated rings. The Morgan fingerprint density at radius 2 is 2.04 bits per heavy atom. The van der Waals surface area contributed by atoms with Crippen LogP contribution in [0.2, 0.25) is 0 Å². The lowest BCUT2D eigenvalue weighted by atomic mass is 10.3. The Labute approximate surface area is 149 Å². The highest BCUT2D eigenvalue weighted by molar-refractivity contribution is 8.13. The molecule has 1 aliphatic rings. The van der Waals surface area contributed by atoms with Gasteiger partial charge in [-0.2, -0.15) is 0 Å². The van der Waals surface area contributed by atoms with Crippen LogP contribution in [-0.2, 0) is 11.3 Å². The predicted octanol–water partition coefficient (Wildman–Crippen LogP) is 0.441. The lowest BCUT2D eigenvalue weighted by Gasteiger charge is -2.21. The number of thioether (sulfide) groups is 1. The summed E-state index contributed by atoms with van der Waals surface area (Å²) in [5.41, 5.74) is 4.67. The monoisotopic (exact) mass is 369 g/mol. The van der Waals surface area contributed by atoms with E-state index < -0.39 is 11.2 Å². The molecule has 1 saturated heterocycles. The van der Waals surface area contributed by atoms with E-state index in [0.717, 1.165) is 23.5 Å². The Morgan fingerprint density at radius 3 is 2.64 bits per heavy atom. The molecular formula is C15H23N5O4S. The summed E-state index contributed by atoms with van der Waals surface area (Å²) in [7, 11) is 1.44. The van der Waals surface area contributed by atoms with Crippen molar-refractivity contribution in [2.75, 3.05) is 36.5 Å². The molecule has 10 heteroatoms. The standard InChI is InChI=1S/C15H23N5O4S/c1-3-4-6-20-12(16)11(13(22)17-14(20)23)18(2)10(21)5-7-19-8-9-25-15(19)24/h3-9,16H2,1-2H3,(H,17,22,23). The van der Waals surface area contributed by atoms with Gasteiger partial charge in [-0.15, -0.1) is 0 Å².